The predicted molar refractivity (Wildman–Crippen MR) is 85.7 cm³/mol. The van der Waals surface area contributed by atoms with Crippen LogP contribution in [0.2, 0.25) is 0 Å². The van der Waals surface area contributed by atoms with Crippen molar-refractivity contribution in [2.24, 2.45) is 5.41 Å². The zero-order valence-electron chi connectivity index (χ0n) is 14.0. The largest absolute Gasteiger partial charge is 0.311 e. The molecule has 0 aromatic carbocycles. The van der Waals surface area contributed by atoms with Gasteiger partial charge < -0.3 is 10.2 Å². The Morgan fingerprint density at radius 2 is 1.47 bits per heavy atom. The molecule has 1 rings (SSSR count). The number of hydrogen-bond donors (Lipinski definition) is 1. The van der Waals surface area contributed by atoms with Crippen LogP contribution in [0.15, 0.2) is 0 Å². The third-order valence-electron chi connectivity index (χ3n) is 4.61. The van der Waals surface area contributed by atoms with Crippen LogP contribution < -0.4 is 5.32 Å². The molecule has 114 valence electrons. The molecule has 2 heteroatoms. The molecule has 0 radical (unpaired) electrons. The second kappa shape index (κ2) is 7.64. The number of hydrogen-bond acceptors (Lipinski definition) is 2. The second-order valence-corrected chi connectivity index (χ2v) is 7.48. The molecule has 0 spiro atoms. The second-order valence-electron chi connectivity index (χ2n) is 7.48. The molecule has 0 aromatic heterocycles. The lowest BCUT2D eigenvalue weighted by Crippen LogP contribution is -2.48. The van der Waals surface area contributed by atoms with Gasteiger partial charge in [-0.25, -0.2) is 0 Å². The van der Waals surface area contributed by atoms with Crippen molar-refractivity contribution in [2.75, 3.05) is 26.2 Å². The Morgan fingerprint density at radius 3 is 1.89 bits per heavy atom. The van der Waals surface area contributed by atoms with E-state index >= 15 is 0 Å². The predicted octanol–water partition coefficient (Wildman–Crippen LogP) is 4.06. The molecular weight excluding hydrogens is 232 g/mol. The minimum absolute atomic E-state index is 0.239. The summed E-state index contributed by atoms with van der Waals surface area (Å²) in [6.45, 7) is 16.3. The molecule has 2 nitrogen and oxygen atoms in total. The van der Waals surface area contributed by atoms with Crippen LogP contribution in [-0.4, -0.2) is 36.6 Å². The van der Waals surface area contributed by atoms with E-state index in [1.165, 1.54) is 64.7 Å². The van der Waals surface area contributed by atoms with Gasteiger partial charge >= 0.3 is 0 Å². The average Bonchev–Trinajstić information content (AvgIpc) is 2.59. The van der Waals surface area contributed by atoms with Crippen LogP contribution >= 0.6 is 0 Å². The first-order valence-corrected chi connectivity index (χ1v) is 8.38. The standard InChI is InChI=1S/C17H36N2/c1-6-19(7-2)15-17(14-18-16(3,4)5)12-10-8-9-11-13-17/h18H,6-15H2,1-5H3. The number of nitrogens with one attached hydrogen (secondary N) is 1. The van der Waals surface area contributed by atoms with Crippen molar-refractivity contribution in [3.05, 3.63) is 0 Å². The highest BCUT2D eigenvalue weighted by Gasteiger charge is 2.33. The van der Waals surface area contributed by atoms with Crippen molar-refractivity contribution in [3.8, 4) is 0 Å². The Kier molecular flexibility index (Phi) is 6.82. The van der Waals surface area contributed by atoms with Gasteiger partial charge in [0.2, 0.25) is 0 Å². The lowest BCUT2D eigenvalue weighted by atomic mass is 9.79. The Morgan fingerprint density at radius 1 is 0.947 bits per heavy atom. The summed E-state index contributed by atoms with van der Waals surface area (Å²) in [6, 6.07) is 0. The van der Waals surface area contributed by atoms with E-state index in [9.17, 15) is 0 Å². The molecule has 0 unspecified atom stereocenters. The van der Waals surface area contributed by atoms with E-state index in [4.69, 9.17) is 0 Å². The van der Waals surface area contributed by atoms with Crippen LogP contribution in [0.1, 0.15) is 73.1 Å². The van der Waals surface area contributed by atoms with E-state index in [0.29, 0.717) is 5.41 Å². The topological polar surface area (TPSA) is 15.3 Å². The molecule has 0 aliphatic heterocycles. The van der Waals surface area contributed by atoms with Crippen LogP contribution in [0, 0.1) is 5.41 Å². The maximum Gasteiger partial charge on any atom is 0.00967 e. The summed E-state index contributed by atoms with van der Waals surface area (Å²) in [5.74, 6) is 0. The zero-order chi connectivity index (χ0) is 14.4. The van der Waals surface area contributed by atoms with Crippen LogP contribution in [0.4, 0.5) is 0 Å². The summed E-state index contributed by atoms with van der Waals surface area (Å²) in [7, 11) is 0. The fourth-order valence-electron chi connectivity index (χ4n) is 3.24. The highest BCUT2D eigenvalue weighted by molar-refractivity contribution is 4.88. The van der Waals surface area contributed by atoms with Gasteiger partial charge in [0.15, 0.2) is 0 Å². The molecule has 1 aliphatic rings. The van der Waals surface area contributed by atoms with Crippen LogP contribution in [0.25, 0.3) is 0 Å². The molecule has 0 aromatic rings. The minimum atomic E-state index is 0.239. The Hall–Kier alpha value is -0.0800. The van der Waals surface area contributed by atoms with E-state index in [1.54, 1.807) is 0 Å². The number of nitrogens with zero attached hydrogens (tertiary/aromatic N) is 1. The van der Waals surface area contributed by atoms with Crippen molar-refractivity contribution in [1.82, 2.24) is 10.2 Å². The van der Waals surface area contributed by atoms with Gasteiger partial charge in [-0.05, 0) is 52.1 Å². The molecule has 0 bridgehead atoms. The molecular formula is C17H36N2. The van der Waals surface area contributed by atoms with Gasteiger partial charge in [-0.1, -0.05) is 39.5 Å². The summed E-state index contributed by atoms with van der Waals surface area (Å²) < 4.78 is 0. The number of rotatable bonds is 6. The first-order valence-electron chi connectivity index (χ1n) is 8.38. The van der Waals surface area contributed by atoms with Gasteiger partial charge in [-0.15, -0.1) is 0 Å². The van der Waals surface area contributed by atoms with E-state index in [1.807, 2.05) is 0 Å². The van der Waals surface area contributed by atoms with Gasteiger partial charge in [-0.2, -0.15) is 0 Å². The van der Waals surface area contributed by atoms with Crippen molar-refractivity contribution < 1.29 is 0 Å². The van der Waals surface area contributed by atoms with Crippen LogP contribution in [0.3, 0.4) is 0 Å². The monoisotopic (exact) mass is 268 g/mol. The van der Waals surface area contributed by atoms with Gasteiger partial charge in [0, 0.05) is 18.6 Å². The van der Waals surface area contributed by atoms with Gasteiger partial charge in [0.1, 0.15) is 0 Å². The van der Waals surface area contributed by atoms with E-state index < -0.39 is 0 Å². The van der Waals surface area contributed by atoms with Gasteiger partial charge in [0.05, 0.1) is 0 Å². The summed E-state index contributed by atoms with van der Waals surface area (Å²) in [5, 5.41) is 3.79. The Balaban J connectivity index is 2.70. The van der Waals surface area contributed by atoms with Gasteiger partial charge in [-0.3, -0.25) is 0 Å². The van der Waals surface area contributed by atoms with Crippen molar-refractivity contribution in [3.63, 3.8) is 0 Å². The minimum Gasteiger partial charge on any atom is -0.311 e. The van der Waals surface area contributed by atoms with Crippen molar-refractivity contribution in [2.45, 2.75) is 78.7 Å². The molecule has 1 N–H and O–H groups in total. The molecule has 19 heavy (non-hydrogen) atoms. The van der Waals surface area contributed by atoms with Gasteiger partial charge in [0.25, 0.3) is 0 Å². The fourth-order valence-corrected chi connectivity index (χ4v) is 3.24. The molecule has 0 amide bonds. The van der Waals surface area contributed by atoms with Crippen LogP contribution in [-0.2, 0) is 0 Å². The van der Waals surface area contributed by atoms with E-state index in [-0.39, 0.29) is 5.54 Å². The third-order valence-corrected chi connectivity index (χ3v) is 4.61. The maximum absolute atomic E-state index is 3.79. The molecule has 1 saturated carbocycles. The summed E-state index contributed by atoms with van der Waals surface area (Å²) in [4.78, 5) is 2.62. The fraction of sp³-hybridized carbons (Fsp3) is 1.00. The van der Waals surface area contributed by atoms with Crippen LogP contribution in [0.5, 0.6) is 0 Å². The summed E-state index contributed by atoms with van der Waals surface area (Å²) >= 11 is 0. The molecule has 0 saturated heterocycles. The molecule has 1 aliphatic carbocycles. The lowest BCUT2D eigenvalue weighted by molar-refractivity contribution is 0.126. The molecule has 0 atom stereocenters. The first-order chi connectivity index (χ1) is 8.91. The summed E-state index contributed by atoms with van der Waals surface area (Å²) in [6.07, 6.45) is 8.55. The highest BCUT2D eigenvalue weighted by atomic mass is 15.1. The summed E-state index contributed by atoms with van der Waals surface area (Å²) in [5.41, 5.74) is 0.748. The Labute approximate surface area is 121 Å². The van der Waals surface area contributed by atoms with E-state index in [0.717, 1.165) is 0 Å². The highest BCUT2D eigenvalue weighted by Crippen LogP contribution is 2.35. The van der Waals surface area contributed by atoms with E-state index in [2.05, 4.69) is 44.8 Å². The normalized spacial score (nSPS) is 20.5. The zero-order valence-corrected chi connectivity index (χ0v) is 14.0. The molecule has 1 fully saturated rings. The first kappa shape index (κ1) is 17.0. The SMILES string of the molecule is CCN(CC)CC1(CNC(C)(C)C)CCCCCC1. The molecule has 0 heterocycles. The lowest BCUT2D eigenvalue weighted by Gasteiger charge is -2.40. The van der Waals surface area contributed by atoms with Crippen molar-refractivity contribution >= 4 is 0 Å². The van der Waals surface area contributed by atoms with Crippen molar-refractivity contribution in [1.29, 1.82) is 0 Å². The smallest absolute Gasteiger partial charge is 0.00967 e. The Bertz CT molecular complexity index is 230. The quantitative estimate of drug-likeness (QED) is 0.731. The third kappa shape index (κ3) is 6.27. The maximum atomic E-state index is 3.79. The average molecular weight is 268 g/mol.